The number of carboxylic acids is 1. The van der Waals surface area contributed by atoms with Crippen molar-refractivity contribution in [3.05, 3.63) is 30.0 Å². The lowest BCUT2D eigenvalue weighted by atomic mass is 9.96. The first-order chi connectivity index (χ1) is 8.16. The van der Waals surface area contributed by atoms with Crippen LogP contribution in [0.25, 0.3) is 10.9 Å². The molecule has 1 aromatic heterocycles. The van der Waals surface area contributed by atoms with E-state index in [9.17, 15) is 15.0 Å². The van der Waals surface area contributed by atoms with Crippen LogP contribution in [0.2, 0.25) is 0 Å². The molecule has 1 aromatic carbocycles. The van der Waals surface area contributed by atoms with Crippen molar-refractivity contribution in [1.29, 1.82) is 0 Å². The third-order valence-electron chi connectivity index (χ3n) is 3.45. The topological polar surface area (TPSA) is 62.5 Å². The number of aromatic nitrogens is 1. The first kappa shape index (κ1) is 10.2. The van der Waals surface area contributed by atoms with Crippen LogP contribution < -0.4 is 0 Å². The highest BCUT2D eigenvalue weighted by atomic mass is 16.4. The van der Waals surface area contributed by atoms with Gasteiger partial charge < -0.3 is 14.8 Å². The average Bonchev–Trinajstić information content (AvgIpc) is 2.65. The van der Waals surface area contributed by atoms with Crippen LogP contribution in [0.5, 0.6) is 5.75 Å². The predicted molar refractivity (Wildman–Crippen MR) is 63.2 cm³/mol. The van der Waals surface area contributed by atoms with E-state index in [1.54, 1.807) is 12.1 Å². The molecule has 2 aromatic rings. The van der Waals surface area contributed by atoms with Gasteiger partial charge in [-0.1, -0.05) is 0 Å². The summed E-state index contributed by atoms with van der Waals surface area (Å²) in [5, 5.41) is 19.6. The summed E-state index contributed by atoms with van der Waals surface area (Å²) in [5.41, 5.74) is 1.85. The molecule has 1 unspecified atom stereocenters. The number of aryl methyl sites for hydroxylation is 1. The summed E-state index contributed by atoms with van der Waals surface area (Å²) in [6, 6.07) is 7.05. The van der Waals surface area contributed by atoms with E-state index < -0.39 is 11.9 Å². The van der Waals surface area contributed by atoms with Crippen molar-refractivity contribution >= 4 is 16.9 Å². The van der Waals surface area contributed by atoms with E-state index in [-0.39, 0.29) is 5.75 Å². The molecule has 2 heterocycles. The Morgan fingerprint density at radius 2 is 2.18 bits per heavy atom. The first-order valence-electron chi connectivity index (χ1n) is 5.72. The Morgan fingerprint density at radius 1 is 1.35 bits per heavy atom. The Kier molecular flexibility index (Phi) is 2.11. The van der Waals surface area contributed by atoms with E-state index in [4.69, 9.17) is 0 Å². The summed E-state index contributed by atoms with van der Waals surface area (Å²) in [7, 11) is 0. The van der Waals surface area contributed by atoms with Gasteiger partial charge in [0.25, 0.3) is 0 Å². The van der Waals surface area contributed by atoms with Crippen molar-refractivity contribution in [1.82, 2.24) is 4.57 Å². The Balaban J connectivity index is 2.24. The molecule has 17 heavy (non-hydrogen) atoms. The average molecular weight is 231 g/mol. The summed E-state index contributed by atoms with van der Waals surface area (Å²) in [6.07, 6.45) is 1.58. The van der Waals surface area contributed by atoms with E-state index in [1.165, 1.54) is 0 Å². The van der Waals surface area contributed by atoms with Crippen LogP contribution >= 0.6 is 0 Å². The lowest BCUT2D eigenvalue weighted by molar-refractivity contribution is -0.139. The van der Waals surface area contributed by atoms with Gasteiger partial charge in [-0.3, -0.25) is 4.79 Å². The number of aromatic hydroxyl groups is 1. The lowest BCUT2D eigenvalue weighted by Gasteiger charge is -2.22. The number of hydrogen-bond acceptors (Lipinski definition) is 2. The standard InChI is InChI=1S/C13H13NO3/c15-9-3-4-11-8(6-9)7-12-10(13(16)17)2-1-5-14(11)12/h3-4,6-7,10,15H,1-2,5H2,(H,16,17). The van der Waals surface area contributed by atoms with Crippen molar-refractivity contribution < 1.29 is 15.0 Å². The van der Waals surface area contributed by atoms with E-state index in [0.717, 1.165) is 29.6 Å². The molecule has 0 radical (unpaired) electrons. The minimum absolute atomic E-state index is 0.215. The second-order valence-electron chi connectivity index (χ2n) is 4.50. The van der Waals surface area contributed by atoms with Crippen molar-refractivity contribution in [2.75, 3.05) is 0 Å². The van der Waals surface area contributed by atoms with Gasteiger partial charge in [-0.05, 0) is 37.1 Å². The molecular formula is C13H13NO3. The summed E-state index contributed by atoms with van der Waals surface area (Å²) in [6.45, 7) is 0.855. The second kappa shape index (κ2) is 3.52. The minimum Gasteiger partial charge on any atom is -0.508 e. The van der Waals surface area contributed by atoms with Crippen LogP contribution in [0.3, 0.4) is 0 Å². The number of phenolic OH excluding ortho intramolecular Hbond substituents is 1. The van der Waals surface area contributed by atoms with Crippen molar-refractivity contribution in [3.8, 4) is 5.75 Å². The summed E-state index contributed by atoms with van der Waals surface area (Å²) in [5.74, 6) is -0.969. The quantitative estimate of drug-likeness (QED) is 0.791. The number of aliphatic carboxylic acids is 1. The highest BCUT2D eigenvalue weighted by Gasteiger charge is 2.27. The molecule has 4 heteroatoms. The van der Waals surface area contributed by atoms with Crippen LogP contribution in [-0.2, 0) is 11.3 Å². The summed E-state index contributed by atoms with van der Waals surface area (Å²) in [4.78, 5) is 11.2. The van der Waals surface area contributed by atoms with Crippen LogP contribution in [-0.4, -0.2) is 20.7 Å². The van der Waals surface area contributed by atoms with Crippen molar-refractivity contribution in [2.45, 2.75) is 25.3 Å². The molecule has 0 aliphatic carbocycles. The lowest BCUT2D eigenvalue weighted by Crippen LogP contribution is -2.21. The van der Waals surface area contributed by atoms with Gasteiger partial charge in [0, 0.05) is 23.1 Å². The zero-order valence-corrected chi connectivity index (χ0v) is 9.26. The normalized spacial score (nSPS) is 19.2. The third-order valence-corrected chi connectivity index (χ3v) is 3.45. The van der Waals surface area contributed by atoms with E-state index >= 15 is 0 Å². The minimum atomic E-state index is -0.766. The molecule has 0 amide bonds. The summed E-state index contributed by atoms with van der Waals surface area (Å²) < 4.78 is 2.05. The third kappa shape index (κ3) is 1.48. The Labute approximate surface area is 98.1 Å². The van der Waals surface area contributed by atoms with Gasteiger partial charge >= 0.3 is 5.97 Å². The highest BCUT2D eigenvalue weighted by molar-refractivity contribution is 5.86. The van der Waals surface area contributed by atoms with Crippen LogP contribution in [0, 0.1) is 0 Å². The van der Waals surface area contributed by atoms with Crippen molar-refractivity contribution in [2.24, 2.45) is 0 Å². The fraction of sp³-hybridized carbons (Fsp3) is 0.308. The molecule has 0 bridgehead atoms. The molecular weight excluding hydrogens is 218 g/mol. The molecule has 88 valence electrons. The van der Waals surface area contributed by atoms with Crippen LogP contribution in [0.4, 0.5) is 0 Å². The van der Waals surface area contributed by atoms with Gasteiger partial charge in [0.1, 0.15) is 5.75 Å². The largest absolute Gasteiger partial charge is 0.508 e. The molecule has 0 fully saturated rings. The van der Waals surface area contributed by atoms with Gasteiger partial charge in [-0.15, -0.1) is 0 Å². The van der Waals surface area contributed by atoms with Gasteiger partial charge in [-0.2, -0.15) is 0 Å². The smallest absolute Gasteiger partial charge is 0.312 e. The molecule has 0 spiro atoms. The molecule has 1 atom stereocenters. The van der Waals surface area contributed by atoms with E-state index in [2.05, 4.69) is 4.57 Å². The van der Waals surface area contributed by atoms with Crippen molar-refractivity contribution in [3.63, 3.8) is 0 Å². The highest BCUT2D eigenvalue weighted by Crippen LogP contribution is 2.34. The number of fused-ring (bicyclic) bond motifs is 3. The molecule has 0 saturated carbocycles. The molecule has 2 N–H and O–H groups in total. The van der Waals surface area contributed by atoms with Gasteiger partial charge in [-0.25, -0.2) is 0 Å². The monoisotopic (exact) mass is 231 g/mol. The van der Waals surface area contributed by atoms with Crippen LogP contribution in [0.1, 0.15) is 24.5 Å². The Hall–Kier alpha value is -1.97. The van der Waals surface area contributed by atoms with E-state index in [1.807, 2.05) is 12.1 Å². The number of nitrogens with zero attached hydrogens (tertiary/aromatic N) is 1. The van der Waals surface area contributed by atoms with Crippen LogP contribution in [0.15, 0.2) is 24.3 Å². The molecule has 1 aliphatic rings. The second-order valence-corrected chi connectivity index (χ2v) is 4.50. The van der Waals surface area contributed by atoms with Gasteiger partial charge in [0.05, 0.1) is 5.92 Å². The predicted octanol–water partition coefficient (Wildman–Crippen LogP) is 2.31. The number of phenols is 1. The van der Waals surface area contributed by atoms with Gasteiger partial charge in [0.2, 0.25) is 0 Å². The zero-order chi connectivity index (χ0) is 12.0. The summed E-state index contributed by atoms with van der Waals surface area (Å²) >= 11 is 0. The molecule has 4 nitrogen and oxygen atoms in total. The maximum atomic E-state index is 11.2. The molecule has 0 saturated heterocycles. The van der Waals surface area contributed by atoms with Gasteiger partial charge in [0.15, 0.2) is 0 Å². The number of carbonyl (C=O) groups is 1. The fourth-order valence-corrected chi connectivity index (χ4v) is 2.67. The Morgan fingerprint density at radius 3 is 2.94 bits per heavy atom. The van der Waals surface area contributed by atoms with E-state index in [0.29, 0.717) is 6.42 Å². The number of rotatable bonds is 1. The maximum absolute atomic E-state index is 11.2. The number of hydrogen-bond donors (Lipinski definition) is 2. The maximum Gasteiger partial charge on any atom is 0.312 e. The molecule has 1 aliphatic heterocycles. The fourth-order valence-electron chi connectivity index (χ4n) is 2.67. The molecule has 3 rings (SSSR count). The zero-order valence-electron chi connectivity index (χ0n) is 9.26. The first-order valence-corrected chi connectivity index (χ1v) is 5.72. The number of benzene rings is 1. The number of carboxylic acid groups (broad SMARTS) is 1. The SMILES string of the molecule is O=C(O)C1CCCn2c1cc1cc(O)ccc12. The Bertz CT molecular complexity index is 600.